The minimum Gasteiger partial charge on any atom is -0.462 e. The van der Waals surface area contributed by atoms with Crippen LogP contribution in [0.5, 0.6) is 0 Å². The standard InChI is InChI=1S/C66H116O6/c1-4-7-10-13-16-19-21-23-25-27-28-29-30-31-32-33-34-35-36-37-38-40-41-43-45-47-50-53-56-59-65(68)71-62-63(61-70-64(67)58-55-52-49-18-15-12-9-6-3)72-66(69)60-57-54-51-48-46-44-42-39-26-24-22-20-17-14-11-8-5-2/h7,10,16-17,19-20,23-26,28-29,63H,4-6,8-9,11-15,18,21-22,27,30-62H2,1-3H3/b10-7-,19-16-,20-17-,25-23-,26-24-,29-28-. The van der Waals surface area contributed by atoms with Gasteiger partial charge in [0.25, 0.3) is 0 Å². The Kier molecular flexibility index (Phi) is 57.8. The van der Waals surface area contributed by atoms with Crippen LogP contribution < -0.4 is 0 Å². The average molecular weight is 1010 g/mol. The van der Waals surface area contributed by atoms with Crippen molar-refractivity contribution in [3.8, 4) is 0 Å². The third kappa shape index (κ3) is 57.7. The van der Waals surface area contributed by atoms with Crippen LogP contribution in [0, 0.1) is 0 Å². The van der Waals surface area contributed by atoms with Gasteiger partial charge in [-0.3, -0.25) is 14.4 Å². The predicted octanol–water partition coefficient (Wildman–Crippen LogP) is 20.9. The lowest BCUT2D eigenvalue weighted by Crippen LogP contribution is -2.30. The Bertz CT molecular complexity index is 1340. The summed E-state index contributed by atoms with van der Waals surface area (Å²) in [7, 11) is 0. The highest BCUT2D eigenvalue weighted by Gasteiger charge is 2.19. The van der Waals surface area contributed by atoms with Gasteiger partial charge in [-0.1, -0.05) is 273 Å². The highest BCUT2D eigenvalue weighted by molar-refractivity contribution is 5.71. The van der Waals surface area contributed by atoms with E-state index in [0.717, 1.165) is 96.3 Å². The number of carbonyl (C=O) groups is 3. The molecule has 0 amide bonds. The van der Waals surface area contributed by atoms with Gasteiger partial charge < -0.3 is 14.2 Å². The molecule has 0 aliphatic rings. The summed E-state index contributed by atoms with van der Waals surface area (Å²) >= 11 is 0. The number of hydrogen-bond acceptors (Lipinski definition) is 6. The summed E-state index contributed by atoms with van der Waals surface area (Å²) in [5.41, 5.74) is 0. The van der Waals surface area contributed by atoms with Crippen molar-refractivity contribution < 1.29 is 28.6 Å². The van der Waals surface area contributed by atoms with E-state index in [9.17, 15) is 14.4 Å². The molecule has 0 saturated carbocycles. The first-order chi connectivity index (χ1) is 35.5. The second-order valence-electron chi connectivity index (χ2n) is 20.6. The average Bonchev–Trinajstić information content (AvgIpc) is 3.38. The fraction of sp³-hybridized carbons (Fsp3) is 0.773. The summed E-state index contributed by atoms with van der Waals surface area (Å²) in [6, 6.07) is 0. The van der Waals surface area contributed by atoms with Crippen LogP contribution in [-0.4, -0.2) is 37.2 Å². The Hall–Kier alpha value is -3.15. The van der Waals surface area contributed by atoms with Crippen molar-refractivity contribution in [2.45, 2.75) is 316 Å². The Balaban J connectivity index is 4.11. The molecule has 6 heteroatoms. The van der Waals surface area contributed by atoms with E-state index < -0.39 is 6.10 Å². The third-order valence-corrected chi connectivity index (χ3v) is 13.4. The fourth-order valence-electron chi connectivity index (χ4n) is 8.82. The van der Waals surface area contributed by atoms with Gasteiger partial charge in [0.05, 0.1) is 0 Å². The molecule has 0 rings (SSSR count). The van der Waals surface area contributed by atoms with Gasteiger partial charge in [-0.25, -0.2) is 0 Å². The molecular formula is C66H116O6. The van der Waals surface area contributed by atoms with Crippen LogP contribution in [0.3, 0.4) is 0 Å². The minimum absolute atomic E-state index is 0.0750. The fourth-order valence-corrected chi connectivity index (χ4v) is 8.82. The van der Waals surface area contributed by atoms with Crippen molar-refractivity contribution in [3.63, 3.8) is 0 Å². The lowest BCUT2D eigenvalue weighted by Gasteiger charge is -2.18. The van der Waals surface area contributed by atoms with Gasteiger partial charge in [0, 0.05) is 19.3 Å². The molecule has 1 unspecified atom stereocenters. The molecule has 0 spiro atoms. The van der Waals surface area contributed by atoms with Crippen molar-refractivity contribution in [2.75, 3.05) is 13.2 Å². The van der Waals surface area contributed by atoms with Gasteiger partial charge in [-0.05, 0) is 89.9 Å². The van der Waals surface area contributed by atoms with E-state index in [1.807, 2.05) is 0 Å². The van der Waals surface area contributed by atoms with Crippen molar-refractivity contribution in [1.82, 2.24) is 0 Å². The summed E-state index contributed by atoms with van der Waals surface area (Å²) in [5.74, 6) is -0.875. The summed E-state index contributed by atoms with van der Waals surface area (Å²) in [6.07, 6.45) is 77.8. The summed E-state index contributed by atoms with van der Waals surface area (Å²) < 4.78 is 16.8. The molecule has 0 N–H and O–H groups in total. The van der Waals surface area contributed by atoms with Crippen molar-refractivity contribution in [2.24, 2.45) is 0 Å². The number of rotatable bonds is 56. The Morgan fingerprint density at radius 1 is 0.292 bits per heavy atom. The molecule has 72 heavy (non-hydrogen) atoms. The predicted molar refractivity (Wildman–Crippen MR) is 311 cm³/mol. The molecule has 0 aromatic carbocycles. The van der Waals surface area contributed by atoms with Crippen molar-refractivity contribution in [3.05, 3.63) is 72.9 Å². The van der Waals surface area contributed by atoms with Gasteiger partial charge in [-0.2, -0.15) is 0 Å². The highest BCUT2D eigenvalue weighted by atomic mass is 16.6. The van der Waals surface area contributed by atoms with E-state index in [2.05, 4.69) is 93.7 Å². The second kappa shape index (κ2) is 60.4. The van der Waals surface area contributed by atoms with E-state index in [-0.39, 0.29) is 31.1 Å². The number of allylic oxidation sites excluding steroid dienone is 12. The maximum absolute atomic E-state index is 12.8. The first-order valence-electron chi connectivity index (χ1n) is 30.9. The maximum atomic E-state index is 12.8. The summed E-state index contributed by atoms with van der Waals surface area (Å²) in [5, 5.41) is 0. The van der Waals surface area contributed by atoms with Crippen LogP contribution in [0.25, 0.3) is 0 Å². The molecule has 0 aliphatic carbocycles. The lowest BCUT2D eigenvalue weighted by molar-refractivity contribution is -0.167. The van der Waals surface area contributed by atoms with E-state index in [4.69, 9.17) is 14.2 Å². The Morgan fingerprint density at radius 3 is 0.875 bits per heavy atom. The molecule has 0 fully saturated rings. The zero-order valence-electron chi connectivity index (χ0n) is 47.7. The Labute approximate surface area is 446 Å². The minimum atomic E-state index is -0.775. The van der Waals surface area contributed by atoms with E-state index in [1.165, 1.54) is 173 Å². The van der Waals surface area contributed by atoms with E-state index in [1.54, 1.807) is 0 Å². The molecule has 0 aromatic rings. The SMILES string of the molecule is CC/C=C\C/C=C\C/C=C\C/C=C\CCCCCCCCCCCCCCCCCCC(=O)OCC(COC(=O)CCCCCCCCCC)OC(=O)CCCCCCCCC/C=C\C/C=C\CCCCC. The largest absolute Gasteiger partial charge is 0.462 e. The number of ether oxygens (including phenoxy) is 3. The number of unbranched alkanes of at least 4 members (excludes halogenated alkanes) is 33. The number of esters is 3. The number of carbonyl (C=O) groups excluding carboxylic acids is 3. The van der Waals surface area contributed by atoms with Gasteiger partial charge in [0.1, 0.15) is 13.2 Å². The summed E-state index contributed by atoms with van der Waals surface area (Å²) in [4.78, 5) is 38.1. The first kappa shape index (κ1) is 68.8. The van der Waals surface area contributed by atoms with Crippen LogP contribution in [-0.2, 0) is 28.6 Å². The zero-order chi connectivity index (χ0) is 52.2. The monoisotopic (exact) mass is 1000 g/mol. The van der Waals surface area contributed by atoms with Crippen LogP contribution in [0.1, 0.15) is 310 Å². The normalized spacial score (nSPS) is 12.5. The molecule has 0 bridgehead atoms. The van der Waals surface area contributed by atoms with E-state index >= 15 is 0 Å². The molecule has 0 aliphatic heterocycles. The molecule has 1 atom stereocenters. The van der Waals surface area contributed by atoms with E-state index in [0.29, 0.717) is 19.3 Å². The molecule has 0 saturated heterocycles. The maximum Gasteiger partial charge on any atom is 0.306 e. The van der Waals surface area contributed by atoms with Gasteiger partial charge in [0.15, 0.2) is 6.10 Å². The third-order valence-electron chi connectivity index (χ3n) is 13.4. The van der Waals surface area contributed by atoms with Crippen LogP contribution in [0.2, 0.25) is 0 Å². The second-order valence-corrected chi connectivity index (χ2v) is 20.6. The molecular weight excluding hydrogens is 889 g/mol. The molecule has 416 valence electrons. The first-order valence-corrected chi connectivity index (χ1v) is 30.9. The number of hydrogen-bond donors (Lipinski definition) is 0. The van der Waals surface area contributed by atoms with Crippen LogP contribution in [0.15, 0.2) is 72.9 Å². The van der Waals surface area contributed by atoms with Crippen LogP contribution in [0.4, 0.5) is 0 Å². The van der Waals surface area contributed by atoms with Crippen LogP contribution >= 0.6 is 0 Å². The molecule has 0 heterocycles. The molecule has 0 radical (unpaired) electrons. The lowest BCUT2D eigenvalue weighted by atomic mass is 10.0. The van der Waals surface area contributed by atoms with Gasteiger partial charge >= 0.3 is 17.9 Å². The van der Waals surface area contributed by atoms with Gasteiger partial charge in [-0.15, -0.1) is 0 Å². The quantitative estimate of drug-likeness (QED) is 0.0261. The zero-order valence-corrected chi connectivity index (χ0v) is 47.7. The van der Waals surface area contributed by atoms with Crippen molar-refractivity contribution >= 4 is 17.9 Å². The molecule has 0 aromatic heterocycles. The highest BCUT2D eigenvalue weighted by Crippen LogP contribution is 2.17. The van der Waals surface area contributed by atoms with Gasteiger partial charge in [0.2, 0.25) is 0 Å². The Morgan fingerprint density at radius 2 is 0.542 bits per heavy atom. The smallest absolute Gasteiger partial charge is 0.306 e. The summed E-state index contributed by atoms with van der Waals surface area (Å²) in [6.45, 7) is 6.49. The van der Waals surface area contributed by atoms with Crippen molar-refractivity contribution in [1.29, 1.82) is 0 Å². The molecule has 6 nitrogen and oxygen atoms in total. The topological polar surface area (TPSA) is 78.9 Å².